The van der Waals surface area contributed by atoms with E-state index in [1.165, 1.54) is 50.3 Å². The number of aliphatic carboxylic acids is 1. The summed E-state index contributed by atoms with van der Waals surface area (Å²) in [5.41, 5.74) is 4.34. The molecular weight excluding hydrogens is 458 g/mol. The molecule has 1 unspecified atom stereocenters. The molecule has 35 heavy (non-hydrogen) atoms. The van der Waals surface area contributed by atoms with Crippen molar-refractivity contribution in [1.82, 2.24) is 4.90 Å². The van der Waals surface area contributed by atoms with Gasteiger partial charge in [0.25, 0.3) is 0 Å². The van der Waals surface area contributed by atoms with Gasteiger partial charge in [0.05, 0.1) is 5.56 Å². The lowest BCUT2D eigenvalue weighted by Gasteiger charge is -2.25. The average molecular weight is 498 g/mol. The molecule has 2 aromatic rings. The number of carbonyl (C=O) groups is 2. The zero-order chi connectivity index (χ0) is 25.2. The Labute approximate surface area is 214 Å². The maximum absolute atomic E-state index is 13.1. The molecule has 0 heterocycles. The minimum atomic E-state index is -1.15. The highest BCUT2D eigenvalue weighted by atomic mass is 32.2. The third kappa shape index (κ3) is 8.11. The van der Waals surface area contributed by atoms with Crippen LogP contribution in [0.25, 0.3) is 11.1 Å². The number of benzene rings is 2. The third-order valence-corrected chi connectivity index (χ3v) is 7.59. The summed E-state index contributed by atoms with van der Waals surface area (Å²) in [5, 5.41) is 9.52. The molecule has 6 heteroatoms. The number of aryl methyl sites for hydroxylation is 1. The Morgan fingerprint density at radius 3 is 2.54 bits per heavy atom. The molecule has 1 atom stereocenters. The van der Waals surface area contributed by atoms with Crippen molar-refractivity contribution in [1.29, 1.82) is 0 Å². The Morgan fingerprint density at radius 2 is 1.86 bits per heavy atom. The summed E-state index contributed by atoms with van der Waals surface area (Å²) in [7, 11) is 2.15. The molecule has 1 fully saturated rings. The van der Waals surface area contributed by atoms with E-state index in [1.54, 1.807) is 6.07 Å². The molecule has 0 aromatic heterocycles. The zero-order valence-electron chi connectivity index (χ0n) is 21.3. The Kier molecular flexibility index (Phi) is 10.7. The zero-order valence-corrected chi connectivity index (χ0v) is 22.1. The van der Waals surface area contributed by atoms with E-state index in [4.69, 9.17) is 4.74 Å². The van der Waals surface area contributed by atoms with Crippen LogP contribution < -0.4 is 0 Å². The first-order valence-corrected chi connectivity index (χ1v) is 14.1. The summed E-state index contributed by atoms with van der Waals surface area (Å²) in [5.74, 6) is -0.240. The lowest BCUT2D eigenvalue weighted by molar-refractivity contribution is -0.147. The van der Waals surface area contributed by atoms with E-state index in [1.807, 2.05) is 43.5 Å². The second kappa shape index (κ2) is 13.7. The van der Waals surface area contributed by atoms with Crippen LogP contribution in [0.15, 0.2) is 42.5 Å². The maximum atomic E-state index is 13.1. The molecule has 5 nitrogen and oxygen atoms in total. The average Bonchev–Trinajstić information content (AvgIpc) is 2.86. The van der Waals surface area contributed by atoms with Crippen LogP contribution in [0.3, 0.4) is 0 Å². The number of hydrogen-bond donors (Lipinski definition) is 1. The van der Waals surface area contributed by atoms with Crippen molar-refractivity contribution in [2.75, 3.05) is 25.6 Å². The van der Waals surface area contributed by atoms with E-state index in [0.29, 0.717) is 11.3 Å². The fraction of sp³-hybridized carbons (Fsp3) is 0.517. The molecule has 1 N–H and O–H groups in total. The SMILES string of the molecule is CSCCC(OC(=O)c1ccc(CN(C)CCC2CCCCC2)cc1-c1ccccc1C)C(=O)O. The van der Waals surface area contributed by atoms with Crippen LogP contribution >= 0.6 is 11.8 Å². The van der Waals surface area contributed by atoms with Gasteiger partial charge in [-0.15, -0.1) is 0 Å². The van der Waals surface area contributed by atoms with Crippen LogP contribution in [0.5, 0.6) is 0 Å². The normalized spacial score (nSPS) is 15.2. The molecule has 0 bridgehead atoms. The first kappa shape index (κ1) is 27.3. The molecule has 1 saturated carbocycles. The predicted octanol–water partition coefficient (Wildman–Crippen LogP) is 6.43. The maximum Gasteiger partial charge on any atom is 0.345 e. The highest BCUT2D eigenvalue weighted by molar-refractivity contribution is 7.98. The lowest BCUT2D eigenvalue weighted by Crippen LogP contribution is -2.28. The molecule has 3 rings (SSSR count). The largest absolute Gasteiger partial charge is 0.479 e. The summed E-state index contributed by atoms with van der Waals surface area (Å²) in [6.45, 7) is 3.88. The predicted molar refractivity (Wildman–Crippen MR) is 144 cm³/mol. The smallest absolute Gasteiger partial charge is 0.345 e. The molecule has 0 amide bonds. The fourth-order valence-corrected chi connectivity index (χ4v) is 5.34. The summed E-state index contributed by atoms with van der Waals surface area (Å²) in [6, 6.07) is 13.8. The summed E-state index contributed by atoms with van der Waals surface area (Å²) < 4.78 is 5.47. The third-order valence-electron chi connectivity index (χ3n) is 6.94. The number of thioether (sulfide) groups is 1. The minimum Gasteiger partial charge on any atom is -0.479 e. The number of nitrogens with zero attached hydrogens (tertiary/aromatic N) is 1. The molecule has 0 spiro atoms. The van der Waals surface area contributed by atoms with E-state index in [2.05, 4.69) is 18.0 Å². The van der Waals surface area contributed by atoms with E-state index >= 15 is 0 Å². The van der Waals surface area contributed by atoms with E-state index in [9.17, 15) is 14.7 Å². The van der Waals surface area contributed by atoms with E-state index in [-0.39, 0.29) is 6.42 Å². The van der Waals surface area contributed by atoms with Gasteiger partial charge in [-0.2, -0.15) is 11.8 Å². The van der Waals surface area contributed by atoms with Gasteiger partial charge in [0.1, 0.15) is 0 Å². The van der Waals surface area contributed by atoms with Gasteiger partial charge in [0.15, 0.2) is 6.10 Å². The van der Waals surface area contributed by atoms with Crippen LogP contribution in [0.2, 0.25) is 0 Å². The highest BCUT2D eigenvalue weighted by Gasteiger charge is 2.25. The number of hydrogen-bond acceptors (Lipinski definition) is 5. The van der Waals surface area contributed by atoms with Gasteiger partial charge in [-0.1, -0.05) is 62.4 Å². The van der Waals surface area contributed by atoms with Gasteiger partial charge in [0.2, 0.25) is 0 Å². The molecule has 190 valence electrons. The van der Waals surface area contributed by atoms with Crippen LogP contribution in [0, 0.1) is 12.8 Å². The molecule has 2 aromatic carbocycles. The van der Waals surface area contributed by atoms with E-state index < -0.39 is 18.0 Å². The van der Waals surface area contributed by atoms with Crippen molar-refractivity contribution in [2.24, 2.45) is 5.92 Å². The van der Waals surface area contributed by atoms with Crippen molar-refractivity contribution in [3.63, 3.8) is 0 Å². The standard InChI is InChI=1S/C29H39NO4S/c1-21-9-7-8-12-24(21)26-19-23(20-30(2)17-15-22-10-5-4-6-11-22)13-14-25(26)29(33)34-27(28(31)32)16-18-35-3/h7-9,12-14,19,22,27H,4-6,10-11,15-18,20H2,1-3H3,(H,31,32). The number of ether oxygens (including phenoxy) is 1. The Morgan fingerprint density at radius 1 is 1.11 bits per heavy atom. The summed E-state index contributed by atoms with van der Waals surface area (Å²) in [6.07, 6.45) is 9.11. The number of carbonyl (C=O) groups excluding carboxylic acids is 1. The van der Waals surface area contributed by atoms with Gasteiger partial charge < -0.3 is 14.7 Å². The number of rotatable bonds is 12. The Bertz CT molecular complexity index is 986. The quantitative estimate of drug-likeness (QED) is 0.341. The highest BCUT2D eigenvalue weighted by Crippen LogP contribution is 2.30. The van der Waals surface area contributed by atoms with Gasteiger partial charge in [-0.3, -0.25) is 0 Å². The number of carboxylic acids is 1. The molecule has 1 aliphatic rings. The summed E-state index contributed by atoms with van der Waals surface area (Å²) in [4.78, 5) is 27.1. The first-order chi connectivity index (χ1) is 16.9. The summed E-state index contributed by atoms with van der Waals surface area (Å²) >= 11 is 1.53. The van der Waals surface area contributed by atoms with Crippen molar-refractivity contribution in [2.45, 2.75) is 64.5 Å². The molecule has 0 aliphatic heterocycles. The van der Waals surface area contributed by atoms with Crippen molar-refractivity contribution in [3.8, 4) is 11.1 Å². The lowest BCUT2D eigenvalue weighted by atomic mass is 9.87. The van der Waals surface area contributed by atoms with Crippen molar-refractivity contribution < 1.29 is 19.4 Å². The Balaban J connectivity index is 1.80. The van der Waals surface area contributed by atoms with Crippen LogP contribution in [0.4, 0.5) is 0 Å². The molecule has 1 aliphatic carbocycles. The van der Waals surface area contributed by atoms with Crippen molar-refractivity contribution in [3.05, 3.63) is 59.2 Å². The monoisotopic (exact) mass is 497 g/mol. The Hall–Kier alpha value is -2.31. The van der Waals surface area contributed by atoms with Crippen LogP contribution in [-0.2, 0) is 16.1 Å². The van der Waals surface area contributed by atoms with Crippen LogP contribution in [-0.4, -0.2) is 53.7 Å². The van der Waals surface area contributed by atoms with Gasteiger partial charge >= 0.3 is 11.9 Å². The topological polar surface area (TPSA) is 66.8 Å². The number of carboxylic acid groups (broad SMARTS) is 1. The molecule has 0 radical (unpaired) electrons. The second-order valence-corrected chi connectivity index (χ2v) is 10.7. The molecular formula is C29H39NO4S. The van der Waals surface area contributed by atoms with Crippen LogP contribution in [0.1, 0.15) is 66.4 Å². The minimum absolute atomic E-state index is 0.284. The van der Waals surface area contributed by atoms with Gasteiger partial charge in [-0.25, -0.2) is 9.59 Å². The van der Waals surface area contributed by atoms with Crippen molar-refractivity contribution >= 4 is 23.7 Å². The second-order valence-electron chi connectivity index (χ2n) is 9.74. The van der Waals surface area contributed by atoms with Gasteiger partial charge in [-0.05, 0) is 79.3 Å². The first-order valence-electron chi connectivity index (χ1n) is 12.7. The fourth-order valence-electron chi connectivity index (χ4n) is 4.89. The number of esters is 1. The molecule has 0 saturated heterocycles. The van der Waals surface area contributed by atoms with Gasteiger partial charge in [0, 0.05) is 13.0 Å². The van der Waals surface area contributed by atoms with E-state index in [0.717, 1.165) is 41.3 Å².